The van der Waals surface area contributed by atoms with Crippen LogP contribution in [-0.2, 0) is 6.54 Å². The third kappa shape index (κ3) is 2.89. The first-order valence-electron chi connectivity index (χ1n) is 7.28. The number of benzene rings is 1. The van der Waals surface area contributed by atoms with Crippen LogP contribution in [0.3, 0.4) is 0 Å². The van der Waals surface area contributed by atoms with Crippen LogP contribution in [-0.4, -0.2) is 22.5 Å². The monoisotopic (exact) mass is 267 g/mol. The Bertz CT molecular complexity index is 526. The van der Waals surface area contributed by atoms with Gasteiger partial charge in [-0.1, -0.05) is 30.3 Å². The van der Waals surface area contributed by atoms with Crippen LogP contribution < -0.4 is 5.73 Å². The van der Waals surface area contributed by atoms with E-state index in [-0.39, 0.29) is 6.04 Å². The number of piperidine rings is 1. The van der Waals surface area contributed by atoms with Gasteiger partial charge >= 0.3 is 0 Å². The molecule has 20 heavy (non-hydrogen) atoms. The molecule has 1 saturated heterocycles. The first kappa shape index (κ1) is 13.3. The minimum absolute atomic E-state index is 0.204. The van der Waals surface area contributed by atoms with Gasteiger partial charge in [0.05, 0.1) is 6.04 Å². The van der Waals surface area contributed by atoms with Gasteiger partial charge < -0.3 is 5.73 Å². The summed E-state index contributed by atoms with van der Waals surface area (Å²) in [6.07, 6.45) is 5.99. The number of aromatic nitrogens is 1. The molecule has 0 bridgehead atoms. The number of hydrogen-bond donors (Lipinski definition) is 1. The van der Waals surface area contributed by atoms with Crippen molar-refractivity contribution < 1.29 is 0 Å². The zero-order valence-electron chi connectivity index (χ0n) is 11.7. The standard InChI is InChI=1S/C17H21N3/c18-16-7-4-12-20(13-14-5-2-1-3-6-14)17(16)15-8-10-19-11-9-15/h1-3,5-6,8-11,16-17H,4,7,12-13,18H2. The van der Waals surface area contributed by atoms with Crippen LogP contribution >= 0.6 is 0 Å². The van der Waals surface area contributed by atoms with Crippen molar-refractivity contribution in [3.05, 3.63) is 66.0 Å². The topological polar surface area (TPSA) is 42.1 Å². The molecule has 1 aromatic carbocycles. The van der Waals surface area contributed by atoms with Crippen LogP contribution in [0.2, 0.25) is 0 Å². The lowest BCUT2D eigenvalue weighted by atomic mass is 9.91. The Hall–Kier alpha value is -1.71. The zero-order chi connectivity index (χ0) is 13.8. The molecule has 2 heterocycles. The van der Waals surface area contributed by atoms with Crippen molar-refractivity contribution in [2.75, 3.05) is 6.54 Å². The van der Waals surface area contributed by atoms with E-state index < -0.39 is 0 Å². The van der Waals surface area contributed by atoms with Crippen molar-refractivity contribution in [3.8, 4) is 0 Å². The summed E-state index contributed by atoms with van der Waals surface area (Å²) in [5.74, 6) is 0. The third-order valence-corrected chi connectivity index (χ3v) is 4.06. The van der Waals surface area contributed by atoms with E-state index in [1.807, 2.05) is 12.4 Å². The van der Waals surface area contributed by atoms with Crippen molar-refractivity contribution in [3.63, 3.8) is 0 Å². The molecule has 2 unspecified atom stereocenters. The molecule has 3 nitrogen and oxygen atoms in total. The number of rotatable bonds is 3. The van der Waals surface area contributed by atoms with Gasteiger partial charge in [0.15, 0.2) is 0 Å². The van der Waals surface area contributed by atoms with Crippen LogP contribution in [0.4, 0.5) is 0 Å². The van der Waals surface area contributed by atoms with Crippen LogP contribution in [0.1, 0.15) is 30.0 Å². The maximum absolute atomic E-state index is 6.39. The maximum Gasteiger partial charge on any atom is 0.0503 e. The van der Waals surface area contributed by atoms with E-state index in [1.165, 1.54) is 17.5 Å². The first-order chi connectivity index (χ1) is 9.84. The van der Waals surface area contributed by atoms with E-state index in [0.717, 1.165) is 19.5 Å². The van der Waals surface area contributed by atoms with Crippen molar-refractivity contribution in [2.24, 2.45) is 5.73 Å². The van der Waals surface area contributed by atoms with Gasteiger partial charge in [0, 0.05) is 25.0 Å². The normalized spacial score (nSPS) is 23.6. The molecule has 104 valence electrons. The summed E-state index contributed by atoms with van der Waals surface area (Å²) in [5.41, 5.74) is 9.02. The molecule has 1 fully saturated rings. The predicted molar refractivity (Wildman–Crippen MR) is 81.0 cm³/mol. The van der Waals surface area contributed by atoms with Gasteiger partial charge in [-0.2, -0.15) is 0 Å². The van der Waals surface area contributed by atoms with Crippen LogP contribution in [0.15, 0.2) is 54.9 Å². The van der Waals surface area contributed by atoms with E-state index in [2.05, 4.69) is 52.3 Å². The smallest absolute Gasteiger partial charge is 0.0503 e. The van der Waals surface area contributed by atoms with Crippen molar-refractivity contribution in [1.29, 1.82) is 0 Å². The fourth-order valence-corrected chi connectivity index (χ4v) is 3.11. The molecule has 1 aliphatic heterocycles. The Labute approximate surface area is 120 Å². The molecule has 2 aromatic rings. The molecule has 0 radical (unpaired) electrons. The molecule has 0 amide bonds. The average Bonchev–Trinajstić information content (AvgIpc) is 2.49. The minimum atomic E-state index is 0.204. The summed E-state index contributed by atoms with van der Waals surface area (Å²) in [4.78, 5) is 6.61. The Kier molecular flexibility index (Phi) is 4.09. The summed E-state index contributed by atoms with van der Waals surface area (Å²) in [7, 11) is 0. The SMILES string of the molecule is NC1CCCN(Cc2ccccc2)C1c1ccncc1. The zero-order valence-corrected chi connectivity index (χ0v) is 11.7. The second-order valence-corrected chi connectivity index (χ2v) is 5.49. The summed E-state index contributed by atoms with van der Waals surface area (Å²) in [5, 5.41) is 0. The number of pyridine rings is 1. The molecule has 0 spiro atoms. The molecule has 3 rings (SSSR count). The summed E-state index contributed by atoms with van der Waals surface area (Å²) in [6, 6.07) is 15.3. The van der Waals surface area contributed by atoms with Gasteiger partial charge in [-0.25, -0.2) is 0 Å². The van der Waals surface area contributed by atoms with Crippen molar-refractivity contribution in [1.82, 2.24) is 9.88 Å². The van der Waals surface area contributed by atoms with Crippen molar-refractivity contribution >= 4 is 0 Å². The minimum Gasteiger partial charge on any atom is -0.326 e. The average molecular weight is 267 g/mol. The second-order valence-electron chi connectivity index (χ2n) is 5.49. The van der Waals surface area contributed by atoms with Gasteiger partial charge in [0.25, 0.3) is 0 Å². The van der Waals surface area contributed by atoms with E-state index in [0.29, 0.717) is 6.04 Å². The largest absolute Gasteiger partial charge is 0.326 e. The fraction of sp³-hybridized carbons (Fsp3) is 0.353. The molecular formula is C17H21N3. The van der Waals surface area contributed by atoms with Gasteiger partial charge in [-0.3, -0.25) is 9.88 Å². The lowest BCUT2D eigenvalue weighted by Gasteiger charge is -2.40. The van der Waals surface area contributed by atoms with Crippen LogP contribution in [0.5, 0.6) is 0 Å². The summed E-state index contributed by atoms with van der Waals surface area (Å²) in [6.45, 7) is 2.07. The second kappa shape index (κ2) is 6.16. The molecule has 1 aromatic heterocycles. The third-order valence-electron chi connectivity index (χ3n) is 4.06. The number of nitrogens with zero attached hydrogens (tertiary/aromatic N) is 2. The highest BCUT2D eigenvalue weighted by molar-refractivity contribution is 5.20. The number of likely N-dealkylation sites (tertiary alicyclic amines) is 1. The van der Waals surface area contributed by atoms with Crippen molar-refractivity contribution in [2.45, 2.75) is 31.5 Å². The van der Waals surface area contributed by atoms with Crippen LogP contribution in [0.25, 0.3) is 0 Å². The van der Waals surface area contributed by atoms with Gasteiger partial charge in [-0.05, 0) is 42.6 Å². The predicted octanol–water partition coefficient (Wildman–Crippen LogP) is 2.75. The molecule has 0 saturated carbocycles. The highest BCUT2D eigenvalue weighted by Gasteiger charge is 2.30. The lowest BCUT2D eigenvalue weighted by Crippen LogP contribution is -2.45. The van der Waals surface area contributed by atoms with Gasteiger partial charge in [0.1, 0.15) is 0 Å². The van der Waals surface area contributed by atoms with Gasteiger partial charge in [-0.15, -0.1) is 0 Å². The highest BCUT2D eigenvalue weighted by Crippen LogP contribution is 2.31. The summed E-state index contributed by atoms with van der Waals surface area (Å²) < 4.78 is 0. The Balaban J connectivity index is 1.83. The molecule has 2 N–H and O–H groups in total. The Morgan fingerprint density at radius 3 is 2.60 bits per heavy atom. The quantitative estimate of drug-likeness (QED) is 0.929. The lowest BCUT2D eigenvalue weighted by molar-refractivity contribution is 0.120. The Morgan fingerprint density at radius 2 is 1.85 bits per heavy atom. The first-order valence-corrected chi connectivity index (χ1v) is 7.28. The van der Waals surface area contributed by atoms with Crippen LogP contribution in [0, 0.1) is 0 Å². The molecule has 3 heteroatoms. The molecular weight excluding hydrogens is 246 g/mol. The fourth-order valence-electron chi connectivity index (χ4n) is 3.11. The van der Waals surface area contributed by atoms with E-state index in [1.54, 1.807) is 0 Å². The van der Waals surface area contributed by atoms with E-state index in [9.17, 15) is 0 Å². The Morgan fingerprint density at radius 1 is 1.10 bits per heavy atom. The number of nitrogens with two attached hydrogens (primary N) is 1. The van der Waals surface area contributed by atoms with Gasteiger partial charge in [0.2, 0.25) is 0 Å². The molecule has 2 atom stereocenters. The van der Waals surface area contributed by atoms with E-state index in [4.69, 9.17) is 5.73 Å². The molecule has 0 aliphatic carbocycles. The molecule has 1 aliphatic rings. The number of hydrogen-bond acceptors (Lipinski definition) is 3. The highest BCUT2D eigenvalue weighted by atomic mass is 15.2. The van der Waals surface area contributed by atoms with E-state index >= 15 is 0 Å². The summed E-state index contributed by atoms with van der Waals surface area (Å²) >= 11 is 0. The maximum atomic E-state index is 6.39.